The van der Waals surface area contributed by atoms with E-state index < -0.39 is 35.8 Å². The van der Waals surface area contributed by atoms with E-state index >= 15 is 0 Å². The zero-order chi connectivity index (χ0) is 22.8. The van der Waals surface area contributed by atoms with Crippen molar-refractivity contribution in [2.75, 3.05) is 19.8 Å². The summed E-state index contributed by atoms with van der Waals surface area (Å²) in [6.07, 6.45) is 5.28. The maximum absolute atomic E-state index is 13.0. The maximum atomic E-state index is 13.0. The number of unbranched alkanes of at least 4 members (excludes halogenated alkanes) is 4. The van der Waals surface area contributed by atoms with Crippen molar-refractivity contribution in [2.24, 2.45) is 5.92 Å². The topological polar surface area (TPSA) is 108 Å². The highest BCUT2D eigenvalue weighted by atomic mass is 17.1. The Kier molecular flexibility index (Phi) is 16.1. The molecule has 0 radical (unpaired) electrons. The average molecular weight is 433 g/mol. The van der Waals surface area contributed by atoms with Crippen molar-refractivity contribution in [1.29, 1.82) is 0 Å². The fraction of sp³-hybridized carbons (Fsp3) is 0.864. The molecule has 0 saturated carbocycles. The van der Waals surface area contributed by atoms with Gasteiger partial charge in [-0.3, -0.25) is 14.8 Å². The lowest BCUT2D eigenvalue weighted by atomic mass is 9.81. The molecule has 0 aliphatic carbocycles. The van der Waals surface area contributed by atoms with Gasteiger partial charge in [-0.1, -0.05) is 59.8 Å². The Labute approximate surface area is 180 Å². The molecule has 8 nitrogen and oxygen atoms in total. The molecule has 0 bridgehead atoms. The van der Waals surface area contributed by atoms with Crippen molar-refractivity contribution < 1.29 is 38.7 Å². The zero-order valence-electron chi connectivity index (χ0n) is 19.1. The molecule has 0 saturated heterocycles. The van der Waals surface area contributed by atoms with Crippen molar-refractivity contribution >= 4 is 17.9 Å². The zero-order valence-corrected chi connectivity index (χ0v) is 19.1. The molecule has 0 fully saturated rings. The van der Waals surface area contributed by atoms with Gasteiger partial charge < -0.3 is 14.2 Å². The van der Waals surface area contributed by atoms with Gasteiger partial charge in [0, 0.05) is 0 Å². The average Bonchev–Trinajstić information content (AvgIpc) is 2.73. The van der Waals surface area contributed by atoms with Crippen molar-refractivity contribution in [1.82, 2.24) is 0 Å². The van der Waals surface area contributed by atoms with Crippen molar-refractivity contribution in [3.8, 4) is 0 Å². The molecule has 176 valence electrons. The Bertz CT molecular complexity index is 494. The highest BCUT2D eigenvalue weighted by Gasteiger charge is 2.55. The summed E-state index contributed by atoms with van der Waals surface area (Å²) < 4.78 is 15.7. The highest BCUT2D eigenvalue weighted by molar-refractivity contribution is 5.91. The van der Waals surface area contributed by atoms with Crippen LogP contribution in [0, 0.1) is 5.92 Å². The molecule has 0 amide bonds. The standard InChI is InChI=1S/C22H40O8/c1-5-9-13-18(20(24)28-15-11-7-3)22(30-26,21(25)29-16-12-8-4)17-19(23)27-14-10-6-2/h18,26H,5-17H2,1-4H3. The van der Waals surface area contributed by atoms with E-state index in [9.17, 15) is 19.6 Å². The molecule has 30 heavy (non-hydrogen) atoms. The minimum absolute atomic E-state index is 0.0940. The monoisotopic (exact) mass is 432 g/mol. The van der Waals surface area contributed by atoms with Crippen LogP contribution in [0.4, 0.5) is 0 Å². The van der Waals surface area contributed by atoms with E-state index in [4.69, 9.17) is 14.2 Å². The second kappa shape index (κ2) is 17.1. The van der Waals surface area contributed by atoms with E-state index in [-0.39, 0.29) is 26.2 Å². The van der Waals surface area contributed by atoms with Crippen molar-refractivity contribution in [2.45, 2.75) is 97.5 Å². The highest BCUT2D eigenvalue weighted by Crippen LogP contribution is 2.33. The molecule has 0 aromatic carbocycles. The summed E-state index contributed by atoms with van der Waals surface area (Å²) >= 11 is 0. The largest absolute Gasteiger partial charge is 0.466 e. The molecular formula is C22H40O8. The Balaban J connectivity index is 5.75. The second-order valence-electron chi connectivity index (χ2n) is 7.44. The Hall–Kier alpha value is -1.67. The minimum atomic E-state index is -2.20. The molecular weight excluding hydrogens is 392 g/mol. The first-order chi connectivity index (χ1) is 14.4. The predicted molar refractivity (Wildman–Crippen MR) is 112 cm³/mol. The number of hydrogen-bond donors (Lipinski definition) is 1. The van der Waals surface area contributed by atoms with Gasteiger partial charge in [-0.05, 0) is 25.7 Å². The quantitative estimate of drug-likeness (QED) is 0.111. The summed E-state index contributed by atoms with van der Waals surface area (Å²) in [5.41, 5.74) is -2.20. The molecule has 0 aliphatic heterocycles. The van der Waals surface area contributed by atoms with Gasteiger partial charge in [0.05, 0.1) is 26.2 Å². The van der Waals surface area contributed by atoms with E-state index in [2.05, 4.69) is 4.89 Å². The van der Waals surface area contributed by atoms with Gasteiger partial charge in [0.25, 0.3) is 0 Å². The lowest BCUT2D eigenvalue weighted by molar-refractivity contribution is -0.331. The number of esters is 3. The van der Waals surface area contributed by atoms with Crippen LogP contribution in [0.1, 0.15) is 91.9 Å². The normalized spacial score (nSPS) is 13.9. The summed E-state index contributed by atoms with van der Waals surface area (Å²) in [7, 11) is 0. The lowest BCUT2D eigenvalue weighted by Gasteiger charge is -2.33. The Morgan fingerprint density at radius 2 is 1.27 bits per heavy atom. The van der Waals surface area contributed by atoms with Gasteiger partial charge in [0.1, 0.15) is 5.92 Å². The first-order valence-electron chi connectivity index (χ1n) is 11.2. The minimum Gasteiger partial charge on any atom is -0.466 e. The molecule has 0 aliphatic rings. The van der Waals surface area contributed by atoms with Gasteiger partial charge in [-0.15, -0.1) is 0 Å². The van der Waals surface area contributed by atoms with Crippen LogP contribution in [0.15, 0.2) is 0 Å². The first-order valence-corrected chi connectivity index (χ1v) is 11.2. The van der Waals surface area contributed by atoms with Gasteiger partial charge >= 0.3 is 17.9 Å². The van der Waals surface area contributed by atoms with E-state index in [0.29, 0.717) is 25.7 Å². The van der Waals surface area contributed by atoms with Gasteiger partial charge in [0.2, 0.25) is 5.60 Å². The SMILES string of the molecule is CCCCOC(=O)CC(OO)(C(=O)OCCCC)C(CCCC)C(=O)OCCCC. The van der Waals surface area contributed by atoms with Crippen molar-refractivity contribution in [3.63, 3.8) is 0 Å². The van der Waals surface area contributed by atoms with Crippen LogP contribution >= 0.6 is 0 Å². The van der Waals surface area contributed by atoms with Crippen LogP contribution < -0.4 is 0 Å². The number of carbonyl (C=O) groups is 3. The Morgan fingerprint density at radius 1 is 0.767 bits per heavy atom. The summed E-state index contributed by atoms with van der Waals surface area (Å²) in [5.74, 6) is -3.58. The number of hydrogen-bond acceptors (Lipinski definition) is 8. The van der Waals surface area contributed by atoms with Gasteiger partial charge in [-0.2, -0.15) is 0 Å². The predicted octanol–water partition coefficient (Wildman–Crippen LogP) is 4.44. The number of rotatable bonds is 18. The molecule has 1 N–H and O–H groups in total. The molecule has 0 rings (SSSR count). The Morgan fingerprint density at radius 3 is 1.77 bits per heavy atom. The van der Waals surface area contributed by atoms with Gasteiger partial charge in [-0.25, -0.2) is 9.68 Å². The van der Waals surface area contributed by atoms with E-state index in [1.807, 2.05) is 27.7 Å². The summed E-state index contributed by atoms with van der Waals surface area (Å²) in [4.78, 5) is 42.8. The molecule has 8 heteroatoms. The van der Waals surface area contributed by atoms with Crippen LogP contribution in [0.25, 0.3) is 0 Å². The second-order valence-corrected chi connectivity index (χ2v) is 7.44. The molecule has 0 heterocycles. The maximum Gasteiger partial charge on any atom is 0.343 e. The van der Waals surface area contributed by atoms with E-state index in [0.717, 1.165) is 25.7 Å². The van der Waals surface area contributed by atoms with Crippen LogP contribution in [0.3, 0.4) is 0 Å². The third kappa shape index (κ3) is 9.89. The third-order valence-corrected chi connectivity index (χ3v) is 4.84. The van der Waals surface area contributed by atoms with Crippen LogP contribution in [-0.4, -0.2) is 48.6 Å². The van der Waals surface area contributed by atoms with Gasteiger partial charge in [0.15, 0.2) is 0 Å². The summed E-state index contributed by atoms with van der Waals surface area (Å²) in [6, 6.07) is 0. The van der Waals surface area contributed by atoms with Crippen LogP contribution in [0.2, 0.25) is 0 Å². The summed E-state index contributed by atoms with van der Waals surface area (Å²) in [6.45, 7) is 8.24. The number of carbonyl (C=O) groups excluding carboxylic acids is 3. The lowest BCUT2D eigenvalue weighted by Crippen LogP contribution is -2.54. The summed E-state index contributed by atoms with van der Waals surface area (Å²) in [5, 5.41) is 9.80. The van der Waals surface area contributed by atoms with E-state index in [1.165, 1.54) is 0 Å². The smallest absolute Gasteiger partial charge is 0.343 e. The third-order valence-electron chi connectivity index (χ3n) is 4.84. The molecule has 2 unspecified atom stereocenters. The van der Waals surface area contributed by atoms with Crippen molar-refractivity contribution in [3.05, 3.63) is 0 Å². The van der Waals surface area contributed by atoms with Crippen LogP contribution in [0.5, 0.6) is 0 Å². The molecule has 0 spiro atoms. The molecule has 0 aromatic rings. The van der Waals surface area contributed by atoms with E-state index in [1.54, 1.807) is 0 Å². The number of ether oxygens (including phenoxy) is 3. The fourth-order valence-electron chi connectivity index (χ4n) is 2.87. The molecule has 0 aromatic heterocycles. The first kappa shape index (κ1) is 28.3. The van der Waals surface area contributed by atoms with Crippen LogP contribution in [-0.2, 0) is 33.5 Å². The molecule has 2 atom stereocenters. The fourth-order valence-corrected chi connectivity index (χ4v) is 2.87.